The van der Waals surface area contributed by atoms with Gasteiger partial charge in [-0.3, -0.25) is 0 Å². The van der Waals surface area contributed by atoms with Crippen LogP contribution in [0.5, 0.6) is 6.01 Å². The molecule has 0 amide bonds. The van der Waals surface area contributed by atoms with Gasteiger partial charge >= 0.3 is 6.01 Å². The molecule has 0 atom stereocenters. The second-order valence-corrected chi connectivity index (χ2v) is 2.90. The Morgan fingerprint density at radius 2 is 1.92 bits per heavy atom. The van der Waals surface area contributed by atoms with E-state index in [4.69, 9.17) is 16.3 Å². The number of aromatic nitrogens is 3. The molecule has 0 fully saturated rings. The highest BCUT2D eigenvalue weighted by Gasteiger charge is 1.94. The summed E-state index contributed by atoms with van der Waals surface area (Å²) < 4.78 is 5.25. The minimum Gasteiger partial charge on any atom is -0.463 e. The molecule has 0 unspecified atom stereocenters. The van der Waals surface area contributed by atoms with Crippen molar-refractivity contribution in [2.75, 3.05) is 12.5 Å². The lowest BCUT2D eigenvalue weighted by Gasteiger charge is -2.01. The summed E-state index contributed by atoms with van der Waals surface area (Å²) in [6.07, 6.45) is 5.93. The van der Waals surface area contributed by atoms with E-state index in [9.17, 15) is 0 Å². The molecular weight excluding hydrogens is 190 g/mol. The Hall–Kier alpha value is -0.900. The van der Waals surface area contributed by atoms with Crippen LogP contribution in [-0.2, 0) is 0 Å². The second kappa shape index (κ2) is 6.60. The van der Waals surface area contributed by atoms with Crippen molar-refractivity contribution in [3.8, 4) is 6.01 Å². The Morgan fingerprint density at radius 3 is 2.62 bits per heavy atom. The van der Waals surface area contributed by atoms with Crippen LogP contribution < -0.4 is 4.74 Å². The predicted molar refractivity (Wildman–Crippen MR) is 49.9 cm³/mol. The number of nitrogens with zero attached hydrogens (tertiary/aromatic N) is 3. The van der Waals surface area contributed by atoms with E-state index in [0.29, 0.717) is 18.5 Å². The maximum atomic E-state index is 5.52. The standard InChI is InChI=1S/C8H12ClN3O/c9-4-2-1-3-5-13-8-11-6-10-7-12-8/h6-7H,1-5H2. The molecule has 0 spiro atoms. The number of ether oxygens (including phenoxy) is 1. The Morgan fingerprint density at radius 1 is 1.15 bits per heavy atom. The molecule has 4 nitrogen and oxygen atoms in total. The van der Waals surface area contributed by atoms with Crippen LogP contribution in [0.2, 0.25) is 0 Å². The summed E-state index contributed by atoms with van der Waals surface area (Å²) in [4.78, 5) is 11.3. The van der Waals surface area contributed by atoms with Gasteiger partial charge in [0.05, 0.1) is 6.61 Å². The highest BCUT2D eigenvalue weighted by molar-refractivity contribution is 6.17. The first-order chi connectivity index (χ1) is 6.43. The van der Waals surface area contributed by atoms with Crippen molar-refractivity contribution in [2.45, 2.75) is 19.3 Å². The van der Waals surface area contributed by atoms with Crippen LogP contribution in [0, 0.1) is 0 Å². The molecule has 1 aromatic heterocycles. The topological polar surface area (TPSA) is 47.9 Å². The third-order valence-corrected chi connectivity index (χ3v) is 1.75. The normalized spacial score (nSPS) is 9.92. The molecule has 0 aromatic carbocycles. The van der Waals surface area contributed by atoms with Gasteiger partial charge in [0.25, 0.3) is 0 Å². The van der Waals surface area contributed by atoms with Crippen LogP contribution in [0.1, 0.15) is 19.3 Å². The van der Waals surface area contributed by atoms with Gasteiger partial charge in [-0.1, -0.05) is 0 Å². The minimum atomic E-state index is 0.390. The summed E-state index contributed by atoms with van der Waals surface area (Å²) in [6, 6.07) is 0.390. The zero-order valence-corrected chi connectivity index (χ0v) is 8.07. The Bertz CT molecular complexity index is 220. The number of alkyl halides is 1. The van der Waals surface area contributed by atoms with E-state index in [-0.39, 0.29) is 0 Å². The molecule has 1 rings (SSSR count). The van der Waals surface area contributed by atoms with Gasteiger partial charge in [-0.05, 0) is 19.3 Å². The van der Waals surface area contributed by atoms with Gasteiger partial charge in [-0.15, -0.1) is 11.6 Å². The van der Waals surface area contributed by atoms with E-state index in [1.165, 1.54) is 12.7 Å². The van der Waals surface area contributed by atoms with Gasteiger partial charge in [0, 0.05) is 5.88 Å². The molecule has 5 heteroatoms. The van der Waals surface area contributed by atoms with E-state index >= 15 is 0 Å². The van der Waals surface area contributed by atoms with E-state index in [2.05, 4.69) is 15.0 Å². The zero-order valence-electron chi connectivity index (χ0n) is 7.32. The molecule has 1 heterocycles. The van der Waals surface area contributed by atoms with Gasteiger partial charge < -0.3 is 4.74 Å². The van der Waals surface area contributed by atoms with Crippen LogP contribution in [0.3, 0.4) is 0 Å². The monoisotopic (exact) mass is 201 g/mol. The molecule has 0 saturated heterocycles. The van der Waals surface area contributed by atoms with Gasteiger partial charge in [-0.25, -0.2) is 4.98 Å². The van der Waals surface area contributed by atoms with Gasteiger partial charge in [0.1, 0.15) is 12.7 Å². The fraction of sp³-hybridized carbons (Fsp3) is 0.625. The maximum absolute atomic E-state index is 5.52. The Labute approximate surface area is 82.3 Å². The van der Waals surface area contributed by atoms with Crippen LogP contribution in [0.15, 0.2) is 12.7 Å². The third-order valence-electron chi connectivity index (χ3n) is 1.48. The smallest absolute Gasteiger partial charge is 0.319 e. The molecule has 0 radical (unpaired) electrons. The fourth-order valence-corrected chi connectivity index (χ4v) is 1.03. The van der Waals surface area contributed by atoms with Crippen molar-refractivity contribution in [3.05, 3.63) is 12.7 Å². The molecule has 1 aromatic rings. The average Bonchev–Trinajstić information content (AvgIpc) is 2.19. The van der Waals surface area contributed by atoms with Crippen LogP contribution >= 0.6 is 11.6 Å². The van der Waals surface area contributed by atoms with E-state index in [1.54, 1.807) is 0 Å². The first-order valence-electron chi connectivity index (χ1n) is 4.24. The summed E-state index contributed by atoms with van der Waals surface area (Å²) in [7, 11) is 0. The van der Waals surface area contributed by atoms with Gasteiger partial charge in [0.15, 0.2) is 0 Å². The molecule has 13 heavy (non-hydrogen) atoms. The third kappa shape index (κ3) is 4.62. The highest BCUT2D eigenvalue weighted by Crippen LogP contribution is 2.00. The Kier molecular flexibility index (Phi) is 5.17. The number of unbranched alkanes of at least 4 members (excludes halogenated alkanes) is 2. The highest BCUT2D eigenvalue weighted by atomic mass is 35.5. The lowest BCUT2D eigenvalue weighted by molar-refractivity contribution is 0.281. The molecule has 0 bridgehead atoms. The second-order valence-electron chi connectivity index (χ2n) is 2.52. The molecule has 72 valence electrons. The molecule has 0 saturated carbocycles. The summed E-state index contributed by atoms with van der Waals surface area (Å²) in [5.41, 5.74) is 0. The average molecular weight is 202 g/mol. The molecule has 0 aliphatic rings. The summed E-state index contributed by atoms with van der Waals surface area (Å²) >= 11 is 5.52. The zero-order chi connectivity index (χ0) is 9.36. The molecule has 0 N–H and O–H groups in total. The SMILES string of the molecule is ClCCCCCOc1ncncn1. The predicted octanol–water partition coefficient (Wildman–Crippen LogP) is 1.66. The minimum absolute atomic E-state index is 0.390. The summed E-state index contributed by atoms with van der Waals surface area (Å²) in [6.45, 7) is 0.640. The number of hydrogen-bond acceptors (Lipinski definition) is 4. The fourth-order valence-electron chi connectivity index (χ4n) is 0.840. The lowest BCUT2D eigenvalue weighted by Crippen LogP contribution is -2.01. The van der Waals surface area contributed by atoms with Crippen LogP contribution in [0.25, 0.3) is 0 Å². The first-order valence-corrected chi connectivity index (χ1v) is 4.77. The van der Waals surface area contributed by atoms with Crippen molar-refractivity contribution in [1.82, 2.24) is 15.0 Å². The molecular formula is C8H12ClN3O. The van der Waals surface area contributed by atoms with Gasteiger partial charge in [-0.2, -0.15) is 9.97 Å². The van der Waals surface area contributed by atoms with Crippen molar-refractivity contribution in [2.24, 2.45) is 0 Å². The molecule has 0 aliphatic carbocycles. The Balaban J connectivity index is 2.07. The van der Waals surface area contributed by atoms with E-state index in [0.717, 1.165) is 19.3 Å². The van der Waals surface area contributed by atoms with Gasteiger partial charge in [0.2, 0.25) is 0 Å². The first kappa shape index (κ1) is 10.2. The summed E-state index contributed by atoms with van der Waals surface area (Å²) in [5.74, 6) is 0.714. The number of hydrogen-bond donors (Lipinski definition) is 0. The quantitative estimate of drug-likeness (QED) is 0.519. The van der Waals surface area contributed by atoms with E-state index < -0.39 is 0 Å². The van der Waals surface area contributed by atoms with Crippen LogP contribution in [-0.4, -0.2) is 27.4 Å². The molecule has 0 aliphatic heterocycles. The van der Waals surface area contributed by atoms with Crippen molar-refractivity contribution in [3.63, 3.8) is 0 Å². The number of rotatable bonds is 6. The van der Waals surface area contributed by atoms with Crippen molar-refractivity contribution in [1.29, 1.82) is 0 Å². The number of halogens is 1. The van der Waals surface area contributed by atoms with Crippen molar-refractivity contribution < 1.29 is 4.74 Å². The maximum Gasteiger partial charge on any atom is 0.319 e. The summed E-state index contributed by atoms with van der Waals surface area (Å²) in [5, 5.41) is 0. The largest absolute Gasteiger partial charge is 0.463 e. The lowest BCUT2D eigenvalue weighted by atomic mass is 10.3. The van der Waals surface area contributed by atoms with Crippen molar-refractivity contribution >= 4 is 11.6 Å². The van der Waals surface area contributed by atoms with E-state index in [1.807, 2.05) is 0 Å². The van der Waals surface area contributed by atoms with Crippen LogP contribution in [0.4, 0.5) is 0 Å².